The summed E-state index contributed by atoms with van der Waals surface area (Å²) >= 11 is 0. The van der Waals surface area contributed by atoms with Crippen LogP contribution in [0, 0.1) is 11.8 Å². The topological polar surface area (TPSA) is 66.8 Å². The zero-order valence-electron chi connectivity index (χ0n) is 14.1. The van der Waals surface area contributed by atoms with Gasteiger partial charge in [-0.3, -0.25) is 4.79 Å². The van der Waals surface area contributed by atoms with Crippen molar-refractivity contribution in [1.29, 1.82) is 0 Å². The van der Waals surface area contributed by atoms with E-state index in [9.17, 15) is 15.0 Å². The Balaban J connectivity index is 1.86. The maximum atomic E-state index is 12.9. The summed E-state index contributed by atoms with van der Waals surface area (Å²) in [7, 11) is 0. The van der Waals surface area contributed by atoms with Crippen LogP contribution in [0.25, 0.3) is 5.57 Å². The van der Waals surface area contributed by atoms with E-state index in [4.69, 9.17) is 4.74 Å². The van der Waals surface area contributed by atoms with Crippen LogP contribution in [0.3, 0.4) is 0 Å². The largest absolute Gasteiger partial charge is 0.508 e. The second-order valence-electron chi connectivity index (χ2n) is 6.98. The van der Waals surface area contributed by atoms with Crippen LogP contribution < -0.4 is 0 Å². The molecule has 4 heteroatoms. The van der Waals surface area contributed by atoms with E-state index < -0.39 is 6.10 Å². The highest BCUT2D eigenvalue weighted by Crippen LogP contribution is 2.40. The lowest BCUT2D eigenvalue weighted by atomic mass is 9.71. The molecule has 4 atom stereocenters. The third kappa shape index (κ3) is 3.24. The predicted molar refractivity (Wildman–Crippen MR) is 92.2 cm³/mol. The number of allylic oxidation sites excluding steroid dienone is 3. The van der Waals surface area contributed by atoms with Crippen LogP contribution in [-0.2, 0) is 9.53 Å². The molecule has 1 aliphatic carbocycles. The number of aromatic hydroxyl groups is 1. The molecule has 2 aliphatic rings. The van der Waals surface area contributed by atoms with Crippen molar-refractivity contribution in [3.05, 3.63) is 47.7 Å². The number of rotatable bonds is 3. The first-order chi connectivity index (χ1) is 11.5. The average molecular weight is 328 g/mol. The average Bonchev–Trinajstić information content (AvgIpc) is 2.55. The number of ether oxygens (including phenoxy) is 1. The first-order valence-electron chi connectivity index (χ1n) is 8.48. The van der Waals surface area contributed by atoms with Gasteiger partial charge in [0.25, 0.3) is 0 Å². The maximum absolute atomic E-state index is 12.9. The van der Waals surface area contributed by atoms with E-state index in [-0.39, 0.29) is 29.5 Å². The molecule has 4 nitrogen and oxygen atoms in total. The van der Waals surface area contributed by atoms with Crippen LogP contribution in [0.5, 0.6) is 5.75 Å². The van der Waals surface area contributed by atoms with Gasteiger partial charge in [-0.25, -0.2) is 0 Å². The molecule has 0 bridgehead atoms. The number of carbonyl (C=O) groups excluding carboxylic acids is 1. The molecule has 0 amide bonds. The smallest absolute Gasteiger partial charge is 0.173 e. The molecule has 1 aromatic rings. The van der Waals surface area contributed by atoms with E-state index in [0.29, 0.717) is 18.4 Å². The van der Waals surface area contributed by atoms with Crippen LogP contribution in [0.4, 0.5) is 0 Å². The number of phenolic OH excluding ortho intramolecular Hbond substituents is 1. The Morgan fingerprint density at radius 2 is 1.96 bits per heavy atom. The first kappa shape index (κ1) is 16.8. The van der Waals surface area contributed by atoms with Crippen molar-refractivity contribution in [1.82, 2.24) is 0 Å². The van der Waals surface area contributed by atoms with Gasteiger partial charge in [0.1, 0.15) is 11.9 Å². The molecule has 1 heterocycles. The number of hydrogen-bond donors (Lipinski definition) is 2. The van der Waals surface area contributed by atoms with E-state index in [1.807, 2.05) is 13.8 Å². The molecule has 24 heavy (non-hydrogen) atoms. The fourth-order valence-electron chi connectivity index (χ4n) is 3.64. The molecule has 1 saturated carbocycles. The van der Waals surface area contributed by atoms with E-state index in [1.54, 1.807) is 24.3 Å². The Morgan fingerprint density at radius 3 is 2.62 bits per heavy atom. The van der Waals surface area contributed by atoms with Gasteiger partial charge in [0.05, 0.1) is 23.9 Å². The van der Waals surface area contributed by atoms with Gasteiger partial charge in [-0.05, 0) is 50.8 Å². The molecule has 1 fully saturated rings. The summed E-state index contributed by atoms with van der Waals surface area (Å²) in [5.74, 6) is -0.0204. The molecule has 2 N–H and O–H groups in total. The quantitative estimate of drug-likeness (QED) is 0.834. The van der Waals surface area contributed by atoms with Gasteiger partial charge >= 0.3 is 0 Å². The zero-order chi connectivity index (χ0) is 17.3. The van der Waals surface area contributed by atoms with Crippen molar-refractivity contribution in [2.45, 2.75) is 45.3 Å². The fraction of sp³-hybridized carbons (Fsp3) is 0.450. The van der Waals surface area contributed by atoms with E-state index in [0.717, 1.165) is 12.0 Å². The van der Waals surface area contributed by atoms with Crippen LogP contribution in [-0.4, -0.2) is 28.2 Å². The highest BCUT2D eigenvalue weighted by atomic mass is 16.5. The first-order valence-corrected chi connectivity index (χ1v) is 8.48. The molecule has 1 aliphatic heterocycles. The lowest BCUT2D eigenvalue weighted by Gasteiger charge is -2.42. The number of phenols is 1. The van der Waals surface area contributed by atoms with E-state index in [2.05, 4.69) is 6.08 Å². The Labute approximate surface area is 142 Å². The highest BCUT2D eigenvalue weighted by Gasteiger charge is 2.45. The van der Waals surface area contributed by atoms with Gasteiger partial charge in [0.15, 0.2) is 5.78 Å². The van der Waals surface area contributed by atoms with Crippen molar-refractivity contribution in [3.63, 3.8) is 0 Å². The van der Waals surface area contributed by atoms with Crippen molar-refractivity contribution < 1.29 is 19.7 Å². The summed E-state index contributed by atoms with van der Waals surface area (Å²) in [5.41, 5.74) is 2.50. The number of aliphatic hydroxyl groups is 1. The normalized spacial score (nSPS) is 29.3. The van der Waals surface area contributed by atoms with Crippen molar-refractivity contribution in [2.75, 3.05) is 0 Å². The molecule has 0 saturated heterocycles. The molecule has 3 rings (SSSR count). The second-order valence-corrected chi connectivity index (χ2v) is 6.98. The predicted octanol–water partition coefficient (Wildman–Crippen LogP) is 3.44. The molecule has 0 aromatic heterocycles. The lowest BCUT2D eigenvalue weighted by molar-refractivity contribution is -0.132. The Hall–Kier alpha value is -2.07. The summed E-state index contributed by atoms with van der Waals surface area (Å²) in [6.45, 7) is 4.06. The summed E-state index contributed by atoms with van der Waals surface area (Å²) < 4.78 is 5.93. The highest BCUT2D eigenvalue weighted by molar-refractivity contribution is 6.22. The molecule has 1 aromatic carbocycles. The van der Waals surface area contributed by atoms with Crippen LogP contribution in [0.2, 0.25) is 0 Å². The van der Waals surface area contributed by atoms with Gasteiger partial charge in [-0.15, -0.1) is 0 Å². The Morgan fingerprint density at radius 1 is 1.25 bits per heavy atom. The Bertz CT molecular complexity index is 667. The summed E-state index contributed by atoms with van der Waals surface area (Å²) in [5, 5.41) is 19.8. The third-order valence-corrected chi connectivity index (χ3v) is 5.01. The molecule has 0 radical (unpaired) electrons. The fourth-order valence-corrected chi connectivity index (χ4v) is 3.64. The number of aliphatic hydroxyl groups excluding tert-OH is 1. The van der Waals surface area contributed by atoms with Gasteiger partial charge in [-0.2, -0.15) is 0 Å². The van der Waals surface area contributed by atoms with E-state index in [1.165, 1.54) is 11.8 Å². The number of benzene rings is 1. The minimum atomic E-state index is -0.432. The van der Waals surface area contributed by atoms with Gasteiger partial charge < -0.3 is 14.9 Å². The number of Topliss-reactive ketones (excluding diaryl/α,β-unsaturated/α-hetero) is 1. The molecular weight excluding hydrogens is 304 g/mol. The monoisotopic (exact) mass is 328 g/mol. The van der Waals surface area contributed by atoms with Crippen LogP contribution in [0.1, 0.15) is 38.7 Å². The van der Waals surface area contributed by atoms with Gasteiger partial charge in [0, 0.05) is 5.92 Å². The van der Waals surface area contributed by atoms with Crippen LogP contribution >= 0.6 is 0 Å². The summed E-state index contributed by atoms with van der Waals surface area (Å²) in [6.07, 6.45) is 4.93. The van der Waals surface area contributed by atoms with Crippen molar-refractivity contribution in [2.24, 2.45) is 11.8 Å². The third-order valence-electron chi connectivity index (χ3n) is 5.01. The number of ketones is 1. The number of carbonyl (C=O) groups is 1. The molecule has 128 valence electrons. The van der Waals surface area contributed by atoms with Crippen LogP contribution in [0.15, 0.2) is 42.2 Å². The zero-order valence-corrected chi connectivity index (χ0v) is 14.1. The Kier molecular flexibility index (Phi) is 4.76. The van der Waals surface area contributed by atoms with Gasteiger partial charge in [0.2, 0.25) is 0 Å². The minimum Gasteiger partial charge on any atom is -0.508 e. The second kappa shape index (κ2) is 6.81. The van der Waals surface area contributed by atoms with Crippen molar-refractivity contribution in [3.8, 4) is 5.75 Å². The lowest BCUT2D eigenvalue weighted by Crippen LogP contribution is -2.47. The standard InChI is InChI=1S/C20H24O4/c1-12(2)3-8-15-18(22)10-9-16-19(23)17(11-24-20(15)16)13-4-6-14(21)7-5-13/h3-7,11,15-16,18,20-22H,8-10H2,1-2H3. The number of fused-ring (bicyclic) bond motifs is 1. The molecule has 4 unspecified atom stereocenters. The summed E-state index contributed by atoms with van der Waals surface area (Å²) in [6, 6.07) is 6.58. The molecule has 0 spiro atoms. The maximum Gasteiger partial charge on any atom is 0.173 e. The minimum absolute atomic E-state index is 0.0554. The summed E-state index contributed by atoms with van der Waals surface area (Å²) in [4.78, 5) is 12.9. The van der Waals surface area contributed by atoms with Gasteiger partial charge in [-0.1, -0.05) is 23.8 Å². The SMILES string of the molecule is CC(C)=CCC1C(O)CCC2C(=O)C(c3ccc(O)cc3)=COC21. The van der Waals surface area contributed by atoms with Crippen molar-refractivity contribution >= 4 is 11.4 Å². The number of hydrogen-bond acceptors (Lipinski definition) is 4. The molecular formula is C20H24O4. The van der Waals surface area contributed by atoms with E-state index >= 15 is 0 Å².